The first-order chi connectivity index (χ1) is 7.26. The van der Waals surface area contributed by atoms with Gasteiger partial charge in [-0.25, -0.2) is 4.98 Å². The summed E-state index contributed by atoms with van der Waals surface area (Å²) < 4.78 is 5.05. The lowest BCUT2D eigenvalue weighted by atomic mass is 10.2. The Morgan fingerprint density at radius 1 is 1.60 bits per heavy atom. The number of aromatic nitrogens is 1. The number of methoxy groups -OCH3 is 1. The quantitative estimate of drug-likeness (QED) is 0.761. The maximum absolute atomic E-state index is 5.64. The van der Waals surface area contributed by atoms with Crippen LogP contribution in [-0.4, -0.2) is 24.0 Å². The first-order valence-corrected chi connectivity index (χ1v) is 5.62. The molecule has 1 rings (SSSR count). The molecule has 1 unspecified atom stereocenters. The predicted molar refractivity (Wildman–Crippen MR) is 63.8 cm³/mol. The molecule has 0 bridgehead atoms. The molecule has 4 heteroatoms. The van der Waals surface area contributed by atoms with E-state index in [4.69, 9.17) is 16.3 Å². The molecule has 0 aromatic carbocycles. The van der Waals surface area contributed by atoms with Crippen molar-refractivity contribution >= 4 is 17.3 Å². The molecule has 1 heterocycles. The molecule has 1 N–H and O–H groups in total. The van der Waals surface area contributed by atoms with Gasteiger partial charge in [-0.3, -0.25) is 0 Å². The van der Waals surface area contributed by atoms with E-state index in [1.165, 1.54) is 0 Å². The standard InChI is InChI=1S/C11H17ClN2O/c1-9(4-3-6-12)14-10-5-7-13-11(8-10)15-2/h5,7-9H,3-4,6H2,1-2H3,(H,13,14). The van der Waals surface area contributed by atoms with E-state index in [0.29, 0.717) is 17.8 Å². The van der Waals surface area contributed by atoms with E-state index in [0.717, 1.165) is 18.5 Å². The van der Waals surface area contributed by atoms with E-state index in [-0.39, 0.29) is 0 Å². The van der Waals surface area contributed by atoms with E-state index >= 15 is 0 Å². The van der Waals surface area contributed by atoms with Crippen LogP contribution < -0.4 is 10.1 Å². The van der Waals surface area contributed by atoms with Crippen LogP contribution in [0.15, 0.2) is 18.3 Å². The summed E-state index contributed by atoms with van der Waals surface area (Å²) in [7, 11) is 1.61. The van der Waals surface area contributed by atoms with Crippen molar-refractivity contribution in [2.75, 3.05) is 18.3 Å². The van der Waals surface area contributed by atoms with Crippen LogP contribution in [0.1, 0.15) is 19.8 Å². The number of ether oxygens (including phenoxy) is 1. The van der Waals surface area contributed by atoms with Crippen LogP contribution in [0.3, 0.4) is 0 Å². The fourth-order valence-electron chi connectivity index (χ4n) is 1.35. The third-order valence-corrected chi connectivity index (χ3v) is 2.40. The molecule has 0 amide bonds. The lowest BCUT2D eigenvalue weighted by molar-refractivity contribution is 0.398. The molecular weight excluding hydrogens is 212 g/mol. The third-order valence-electron chi connectivity index (χ3n) is 2.13. The van der Waals surface area contributed by atoms with Gasteiger partial charge in [0.2, 0.25) is 5.88 Å². The van der Waals surface area contributed by atoms with Gasteiger partial charge < -0.3 is 10.1 Å². The van der Waals surface area contributed by atoms with Crippen molar-refractivity contribution < 1.29 is 4.74 Å². The Kier molecular flexibility index (Phi) is 5.26. The highest BCUT2D eigenvalue weighted by Gasteiger charge is 2.02. The number of pyridine rings is 1. The average Bonchev–Trinajstić information content (AvgIpc) is 2.26. The van der Waals surface area contributed by atoms with Gasteiger partial charge in [-0.1, -0.05) is 0 Å². The summed E-state index contributed by atoms with van der Waals surface area (Å²) in [5.41, 5.74) is 1.03. The molecule has 0 aliphatic rings. The lowest BCUT2D eigenvalue weighted by Gasteiger charge is -2.14. The second-order valence-electron chi connectivity index (χ2n) is 3.46. The van der Waals surface area contributed by atoms with Crippen LogP contribution in [0.25, 0.3) is 0 Å². The van der Waals surface area contributed by atoms with Gasteiger partial charge in [-0.15, -0.1) is 11.6 Å². The van der Waals surface area contributed by atoms with Crippen molar-refractivity contribution in [3.05, 3.63) is 18.3 Å². The smallest absolute Gasteiger partial charge is 0.214 e. The minimum atomic E-state index is 0.413. The third kappa shape index (κ3) is 4.38. The van der Waals surface area contributed by atoms with Gasteiger partial charge in [0.1, 0.15) is 0 Å². The zero-order valence-corrected chi connectivity index (χ0v) is 9.92. The van der Waals surface area contributed by atoms with E-state index in [2.05, 4.69) is 17.2 Å². The normalized spacial score (nSPS) is 12.2. The summed E-state index contributed by atoms with van der Waals surface area (Å²) in [5.74, 6) is 1.34. The number of alkyl halides is 1. The van der Waals surface area contributed by atoms with Crippen LogP contribution in [0.2, 0.25) is 0 Å². The molecule has 15 heavy (non-hydrogen) atoms. The number of hydrogen-bond acceptors (Lipinski definition) is 3. The highest BCUT2D eigenvalue weighted by atomic mass is 35.5. The van der Waals surface area contributed by atoms with Gasteiger partial charge in [0.25, 0.3) is 0 Å². The first kappa shape index (κ1) is 12.1. The van der Waals surface area contributed by atoms with E-state index in [1.807, 2.05) is 12.1 Å². The maximum Gasteiger partial charge on any atom is 0.214 e. The summed E-state index contributed by atoms with van der Waals surface area (Å²) in [6.07, 6.45) is 3.82. The molecule has 0 saturated heterocycles. The molecule has 0 aliphatic carbocycles. The van der Waals surface area contributed by atoms with Gasteiger partial charge in [0.15, 0.2) is 0 Å². The highest BCUT2D eigenvalue weighted by Crippen LogP contribution is 2.15. The van der Waals surface area contributed by atoms with Gasteiger partial charge in [-0.05, 0) is 25.8 Å². The van der Waals surface area contributed by atoms with Crippen LogP contribution in [0.5, 0.6) is 5.88 Å². The number of nitrogens with zero attached hydrogens (tertiary/aromatic N) is 1. The van der Waals surface area contributed by atoms with Gasteiger partial charge >= 0.3 is 0 Å². The molecule has 1 aromatic heterocycles. The maximum atomic E-state index is 5.64. The summed E-state index contributed by atoms with van der Waals surface area (Å²) in [6.45, 7) is 2.14. The summed E-state index contributed by atoms with van der Waals surface area (Å²) in [4.78, 5) is 4.04. The van der Waals surface area contributed by atoms with E-state index in [1.54, 1.807) is 13.3 Å². The topological polar surface area (TPSA) is 34.1 Å². The van der Waals surface area contributed by atoms with Gasteiger partial charge in [0, 0.05) is 29.9 Å². The molecule has 1 atom stereocenters. The number of nitrogens with one attached hydrogen (secondary N) is 1. The molecular formula is C11H17ClN2O. The fourth-order valence-corrected chi connectivity index (χ4v) is 1.51. The lowest BCUT2D eigenvalue weighted by Crippen LogP contribution is -2.15. The first-order valence-electron chi connectivity index (χ1n) is 5.09. The predicted octanol–water partition coefficient (Wildman–Crippen LogP) is 2.91. The fraction of sp³-hybridized carbons (Fsp3) is 0.545. The van der Waals surface area contributed by atoms with Crippen molar-refractivity contribution in [2.45, 2.75) is 25.8 Å². The molecule has 0 aliphatic heterocycles. The van der Waals surface area contributed by atoms with E-state index in [9.17, 15) is 0 Å². The second-order valence-corrected chi connectivity index (χ2v) is 3.84. The highest BCUT2D eigenvalue weighted by molar-refractivity contribution is 6.17. The minimum Gasteiger partial charge on any atom is -0.481 e. The van der Waals surface area contributed by atoms with Crippen molar-refractivity contribution in [3.63, 3.8) is 0 Å². The molecule has 3 nitrogen and oxygen atoms in total. The molecule has 0 fully saturated rings. The minimum absolute atomic E-state index is 0.413. The molecule has 1 aromatic rings. The zero-order valence-electron chi connectivity index (χ0n) is 9.16. The Labute approximate surface area is 95.8 Å². The van der Waals surface area contributed by atoms with Crippen molar-refractivity contribution in [2.24, 2.45) is 0 Å². The Bertz CT molecular complexity index is 294. The van der Waals surface area contributed by atoms with Crippen LogP contribution in [-0.2, 0) is 0 Å². The summed E-state index contributed by atoms with van der Waals surface area (Å²) >= 11 is 5.64. The molecule has 0 radical (unpaired) electrons. The van der Waals surface area contributed by atoms with Crippen molar-refractivity contribution in [1.29, 1.82) is 0 Å². The van der Waals surface area contributed by atoms with Crippen LogP contribution >= 0.6 is 11.6 Å². The SMILES string of the molecule is COc1cc(NC(C)CCCCl)ccn1. The number of halogens is 1. The van der Waals surface area contributed by atoms with Crippen molar-refractivity contribution in [3.8, 4) is 5.88 Å². The Balaban J connectivity index is 2.48. The molecule has 84 valence electrons. The number of hydrogen-bond donors (Lipinski definition) is 1. The largest absolute Gasteiger partial charge is 0.481 e. The van der Waals surface area contributed by atoms with Crippen LogP contribution in [0, 0.1) is 0 Å². The molecule has 0 saturated carbocycles. The Hall–Kier alpha value is -0.960. The van der Waals surface area contributed by atoms with E-state index < -0.39 is 0 Å². The monoisotopic (exact) mass is 228 g/mol. The van der Waals surface area contributed by atoms with Gasteiger partial charge in [-0.2, -0.15) is 0 Å². The Morgan fingerprint density at radius 3 is 3.07 bits per heavy atom. The second kappa shape index (κ2) is 6.51. The number of anilines is 1. The number of rotatable bonds is 6. The van der Waals surface area contributed by atoms with Crippen LogP contribution in [0.4, 0.5) is 5.69 Å². The van der Waals surface area contributed by atoms with Crippen molar-refractivity contribution in [1.82, 2.24) is 4.98 Å². The zero-order chi connectivity index (χ0) is 11.1. The average molecular weight is 229 g/mol. The summed E-state index contributed by atoms with van der Waals surface area (Å²) in [5, 5.41) is 3.37. The molecule has 0 spiro atoms. The van der Waals surface area contributed by atoms with Gasteiger partial charge in [0.05, 0.1) is 7.11 Å². The summed E-state index contributed by atoms with van der Waals surface area (Å²) in [6, 6.07) is 4.23. The Morgan fingerprint density at radius 2 is 2.40 bits per heavy atom.